The highest BCUT2D eigenvalue weighted by Gasteiger charge is 2.31. The van der Waals surface area contributed by atoms with E-state index < -0.39 is 10.0 Å². The summed E-state index contributed by atoms with van der Waals surface area (Å²) >= 11 is 17.8. The van der Waals surface area contributed by atoms with Gasteiger partial charge >= 0.3 is 0 Å². The smallest absolute Gasteiger partial charge is 0.227 e. The maximum atomic E-state index is 12.7. The van der Waals surface area contributed by atoms with Gasteiger partial charge in [0.25, 0.3) is 0 Å². The molecule has 0 atom stereocenters. The molecular formula is C20H21Cl3N2O3S. The third-order valence-corrected chi connectivity index (χ3v) is 7.82. The second kappa shape index (κ2) is 9.23. The minimum absolute atomic E-state index is 0.100. The molecule has 1 saturated heterocycles. The Bertz CT molecular complexity index is 1020. The van der Waals surface area contributed by atoms with E-state index in [1.807, 2.05) is 6.92 Å². The fourth-order valence-corrected chi connectivity index (χ4v) is 5.43. The number of nitrogens with one attached hydrogen (secondary N) is 1. The number of benzene rings is 2. The summed E-state index contributed by atoms with van der Waals surface area (Å²) in [6.07, 6.45) is 0.943. The number of hydrogen-bond donors (Lipinski definition) is 1. The number of anilines is 1. The van der Waals surface area contributed by atoms with E-state index in [1.165, 1.54) is 4.31 Å². The van der Waals surface area contributed by atoms with Crippen LogP contribution in [-0.2, 0) is 20.6 Å². The molecular weight excluding hydrogens is 455 g/mol. The summed E-state index contributed by atoms with van der Waals surface area (Å²) in [4.78, 5) is 12.6. The van der Waals surface area contributed by atoms with Crippen molar-refractivity contribution >= 4 is 56.4 Å². The van der Waals surface area contributed by atoms with Gasteiger partial charge in [0.15, 0.2) is 0 Å². The van der Waals surface area contributed by atoms with Gasteiger partial charge < -0.3 is 5.32 Å². The molecule has 5 nitrogen and oxygen atoms in total. The van der Waals surface area contributed by atoms with Crippen LogP contribution in [0.15, 0.2) is 36.4 Å². The minimum atomic E-state index is -3.50. The zero-order valence-corrected chi connectivity index (χ0v) is 18.9. The second-order valence-corrected chi connectivity index (χ2v) is 10.3. The van der Waals surface area contributed by atoms with Crippen LogP contribution >= 0.6 is 34.8 Å². The van der Waals surface area contributed by atoms with E-state index in [9.17, 15) is 13.2 Å². The number of carbonyl (C=O) groups excluding carboxylic acids is 1. The van der Waals surface area contributed by atoms with Crippen molar-refractivity contribution < 1.29 is 13.2 Å². The topological polar surface area (TPSA) is 66.5 Å². The molecule has 1 aliphatic heterocycles. The van der Waals surface area contributed by atoms with Gasteiger partial charge in [-0.2, -0.15) is 0 Å². The van der Waals surface area contributed by atoms with Crippen molar-refractivity contribution in [3.63, 3.8) is 0 Å². The predicted molar refractivity (Wildman–Crippen MR) is 118 cm³/mol. The van der Waals surface area contributed by atoms with Crippen LogP contribution in [-0.4, -0.2) is 31.7 Å². The molecule has 0 spiro atoms. The Kier molecular flexibility index (Phi) is 7.12. The van der Waals surface area contributed by atoms with Gasteiger partial charge in [-0.1, -0.05) is 40.9 Å². The number of carbonyl (C=O) groups is 1. The Morgan fingerprint density at radius 2 is 1.76 bits per heavy atom. The minimum Gasteiger partial charge on any atom is -0.326 e. The Morgan fingerprint density at radius 3 is 2.38 bits per heavy atom. The Balaban J connectivity index is 1.58. The van der Waals surface area contributed by atoms with E-state index in [0.29, 0.717) is 52.2 Å². The molecule has 2 aromatic carbocycles. The van der Waals surface area contributed by atoms with E-state index >= 15 is 0 Å². The number of hydrogen-bond acceptors (Lipinski definition) is 3. The normalized spacial score (nSPS) is 16.0. The lowest BCUT2D eigenvalue weighted by atomic mass is 9.97. The number of nitrogens with zero attached hydrogens (tertiary/aromatic N) is 1. The molecule has 0 aromatic heterocycles. The highest BCUT2D eigenvalue weighted by atomic mass is 35.5. The van der Waals surface area contributed by atoms with Gasteiger partial charge in [-0.15, -0.1) is 0 Å². The second-order valence-electron chi connectivity index (χ2n) is 7.13. The van der Waals surface area contributed by atoms with Crippen LogP contribution in [0.25, 0.3) is 0 Å². The standard InChI is InChI=1S/C20H21Cl3N2O3S/c1-13-10-16(21)3-5-19(13)24-20(26)15-6-8-25(9-7-15)29(27,28)12-14-2-4-17(22)18(23)11-14/h2-5,10-11,15H,6-9,12H2,1H3,(H,24,26). The Hall–Kier alpha value is -1.31. The fraction of sp³-hybridized carbons (Fsp3) is 0.350. The monoisotopic (exact) mass is 474 g/mol. The molecule has 1 N–H and O–H groups in total. The molecule has 156 valence electrons. The average Bonchev–Trinajstić information content (AvgIpc) is 2.67. The average molecular weight is 476 g/mol. The predicted octanol–water partition coefficient (Wildman–Crippen LogP) is 5.14. The summed E-state index contributed by atoms with van der Waals surface area (Å²) < 4.78 is 26.9. The van der Waals surface area contributed by atoms with Crippen molar-refractivity contribution in [2.24, 2.45) is 5.92 Å². The van der Waals surface area contributed by atoms with Gasteiger partial charge in [0.05, 0.1) is 15.8 Å². The van der Waals surface area contributed by atoms with Gasteiger partial charge in [-0.05, 0) is 61.2 Å². The molecule has 9 heteroatoms. The van der Waals surface area contributed by atoms with Crippen LogP contribution in [0.4, 0.5) is 5.69 Å². The van der Waals surface area contributed by atoms with Gasteiger partial charge in [-0.3, -0.25) is 4.79 Å². The summed E-state index contributed by atoms with van der Waals surface area (Å²) in [6, 6.07) is 10.1. The molecule has 0 radical (unpaired) electrons. The summed E-state index contributed by atoms with van der Waals surface area (Å²) in [6.45, 7) is 2.49. The largest absolute Gasteiger partial charge is 0.326 e. The van der Waals surface area contributed by atoms with Crippen molar-refractivity contribution in [3.8, 4) is 0 Å². The molecule has 1 amide bonds. The highest BCUT2D eigenvalue weighted by molar-refractivity contribution is 7.88. The number of halogens is 3. The van der Waals surface area contributed by atoms with Gasteiger partial charge in [0, 0.05) is 29.7 Å². The SMILES string of the molecule is Cc1cc(Cl)ccc1NC(=O)C1CCN(S(=O)(=O)Cc2ccc(Cl)c(Cl)c2)CC1. The van der Waals surface area contributed by atoms with Gasteiger partial charge in [0.2, 0.25) is 15.9 Å². The van der Waals surface area contributed by atoms with Gasteiger partial charge in [-0.25, -0.2) is 12.7 Å². The number of rotatable bonds is 5. The van der Waals surface area contributed by atoms with Crippen LogP contribution in [0, 0.1) is 12.8 Å². The van der Waals surface area contributed by atoms with Crippen molar-refractivity contribution in [1.29, 1.82) is 0 Å². The van der Waals surface area contributed by atoms with Gasteiger partial charge in [0.1, 0.15) is 0 Å². The maximum absolute atomic E-state index is 12.7. The quantitative estimate of drug-likeness (QED) is 0.651. The van der Waals surface area contributed by atoms with Crippen molar-refractivity contribution in [1.82, 2.24) is 4.31 Å². The zero-order valence-electron chi connectivity index (χ0n) is 15.8. The summed E-state index contributed by atoms with van der Waals surface area (Å²) in [7, 11) is -3.50. The fourth-order valence-electron chi connectivity index (χ4n) is 3.33. The molecule has 1 heterocycles. The summed E-state index contributed by atoms with van der Waals surface area (Å²) in [5, 5.41) is 4.24. The molecule has 2 aromatic rings. The van der Waals surface area contributed by atoms with E-state index in [-0.39, 0.29) is 17.6 Å². The van der Waals surface area contributed by atoms with Crippen LogP contribution in [0.3, 0.4) is 0 Å². The van der Waals surface area contributed by atoms with Crippen LogP contribution < -0.4 is 5.32 Å². The van der Waals surface area contributed by atoms with E-state index in [0.717, 1.165) is 5.56 Å². The lowest BCUT2D eigenvalue weighted by Gasteiger charge is -2.30. The lowest BCUT2D eigenvalue weighted by molar-refractivity contribution is -0.120. The molecule has 0 saturated carbocycles. The molecule has 1 fully saturated rings. The number of amides is 1. The Labute approximate surface area is 186 Å². The zero-order chi connectivity index (χ0) is 21.2. The first-order valence-electron chi connectivity index (χ1n) is 9.14. The lowest BCUT2D eigenvalue weighted by Crippen LogP contribution is -2.41. The van der Waals surface area contributed by atoms with Crippen molar-refractivity contribution in [2.45, 2.75) is 25.5 Å². The Morgan fingerprint density at radius 1 is 1.07 bits per heavy atom. The maximum Gasteiger partial charge on any atom is 0.227 e. The van der Waals surface area contributed by atoms with E-state index in [1.54, 1.807) is 36.4 Å². The molecule has 0 aliphatic carbocycles. The first kappa shape index (κ1) is 22.4. The third-order valence-electron chi connectivity index (χ3n) is 5.00. The van der Waals surface area contributed by atoms with Crippen molar-refractivity contribution in [2.75, 3.05) is 18.4 Å². The van der Waals surface area contributed by atoms with Crippen LogP contribution in [0.5, 0.6) is 0 Å². The molecule has 29 heavy (non-hydrogen) atoms. The number of aryl methyl sites for hydroxylation is 1. The van der Waals surface area contributed by atoms with Crippen LogP contribution in [0.1, 0.15) is 24.0 Å². The van der Waals surface area contributed by atoms with E-state index in [2.05, 4.69) is 5.32 Å². The highest BCUT2D eigenvalue weighted by Crippen LogP contribution is 2.27. The molecule has 3 rings (SSSR count). The first-order valence-corrected chi connectivity index (χ1v) is 11.9. The molecule has 1 aliphatic rings. The van der Waals surface area contributed by atoms with E-state index in [4.69, 9.17) is 34.8 Å². The summed E-state index contributed by atoms with van der Waals surface area (Å²) in [5.74, 6) is -0.483. The summed E-state index contributed by atoms with van der Waals surface area (Å²) in [5.41, 5.74) is 2.18. The molecule has 0 unspecified atom stereocenters. The number of piperidine rings is 1. The first-order chi connectivity index (χ1) is 13.7. The van der Waals surface area contributed by atoms with Crippen molar-refractivity contribution in [3.05, 3.63) is 62.6 Å². The van der Waals surface area contributed by atoms with Crippen LogP contribution in [0.2, 0.25) is 15.1 Å². The molecule has 0 bridgehead atoms. The third kappa shape index (κ3) is 5.64. The number of sulfonamides is 1.